The van der Waals surface area contributed by atoms with Gasteiger partial charge in [0.15, 0.2) is 9.84 Å². The van der Waals surface area contributed by atoms with Crippen molar-refractivity contribution in [3.05, 3.63) is 53.1 Å². The van der Waals surface area contributed by atoms with E-state index in [-0.39, 0.29) is 17.5 Å². The zero-order valence-electron chi connectivity index (χ0n) is 17.0. The topological polar surface area (TPSA) is 80.7 Å². The number of benzene rings is 2. The van der Waals surface area contributed by atoms with Gasteiger partial charge in [-0.15, -0.1) is 0 Å². The van der Waals surface area contributed by atoms with Gasteiger partial charge in [0, 0.05) is 5.56 Å². The van der Waals surface area contributed by atoms with Gasteiger partial charge in [-0.1, -0.05) is 12.1 Å². The fraction of sp³-hybridized carbons (Fsp3) is 0.381. The van der Waals surface area contributed by atoms with E-state index < -0.39 is 38.0 Å². The van der Waals surface area contributed by atoms with E-state index in [1.165, 1.54) is 52.1 Å². The number of aliphatic carboxylic acids is 1. The molecule has 30 heavy (non-hydrogen) atoms. The summed E-state index contributed by atoms with van der Waals surface area (Å²) in [5, 5.41) is 9.04. The lowest BCUT2D eigenvalue weighted by molar-refractivity contribution is -0.138. The molecule has 0 aliphatic carbocycles. The molecule has 0 radical (unpaired) electrons. The number of carboxylic acid groups (broad SMARTS) is 1. The molecule has 0 atom stereocenters. The number of alkyl halides is 3. The van der Waals surface area contributed by atoms with Gasteiger partial charge < -0.3 is 9.84 Å². The van der Waals surface area contributed by atoms with Gasteiger partial charge in [-0.2, -0.15) is 13.2 Å². The van der Waals surface area contributed by atoms with Crippen molar-refractivity contribution in [3.8, 4) is 16.9 Å². The number of sulfone groups is 1. The lowest BCUT2D eigenvalue weighted by atomic mass is 9.95. The Kier molecular flexibility index (Phi) is 6.56. The van der Waals surface area contributed by atoms with Gasteiger partial charge in [-0.25, -0.2) is 8.42 Å². The molecule has 0 saturated carbocycles. The van der Waals surface area contributed by atoms with Crippen LogP contribution >= 0.6 is 0 Å². The highest BCUT2D eigenvalue weighted by molar-refractivity contribution is 7.91. The number of halogens is 3. The number of rotatable bonds is 6. The Balaban J connectivity index is 2.75. The fourth-order valence-electron chi connectivity index (χ4n) is 2.82. The number of hydrogen-bond acceptors (Lipinski definition) is 4. The first-order valence-electron chi connectivity index (χ1n) is 8.97. The first kappa shape index (κ1) is 23.7. The maximum atomic E-state index is 13.3. The molecule has 0 aromatic heterocycles. The second-order valence-electron chi connectivity index (χ2n) is 7.85. The van der Waals surface area contributed by atoms with Crippen LogP contribution in [-0.4, -0.2) is 31.4 Å². The van der Waals surface area contributed by atoms with Gasteiger partial charge in [0.05, 0.1) is 29.6 Å². The third kappa shape index (κ3) is 5.33. The highest BCUT2D eigenvalue weighted by Gasteiger charge is 2.34. The molecule has 1 N–H and O–H groups in total. The molecule has 2 aromatic rings. The average molecular weight is 444 g/mol. The van der Waals surface area contributed by atoms with Crippen molar-refractivity contribution in [2.45, 2.75) is 43.9 Å². The Morgan fingerprint density at radius 3 is 2.17 bits per heavy atom. The summed E-state index contributed by atoms with van der Waals surface area (Å²) in [6, 6.07) is 7.41. The van der Waals surface area contributed by atoms with E-state index >= 15 is 0 Å². The van der Waals surface area contributed by atoms with E-state index in [0.717, 1.165) is 12.1 Å². The summed E-state index contributed by atoms with van der Waals surface area (Å²) in [6.07, 6.45) is -4.94. The van der Waals surface area contributed by atoms with Crippen LogP contribution in [-0.2, 0) is 33.0 Å². The minimum Gasteiger partial charge on any atom is -0.496 e. The van der Waals surface area contributed by atoms with Crippen LogP contribution in [0.15, 0.2) is 36.4 Å². The van der Waals surface area contributed by atoms with Crippen LogP contribution < -0.4 is 4.74 Å². The number of ether oxygens (including phenoxy) is 1. The highest BCUT2D eigenvalue weighted by Crippen LogP contribution is 2.38. The SMILES string of the molecule is COc1ccc(CC(=O)O)cc1-c1ccc(C(F)(F)F)cc1CS(=O)(=O)C(C)(C)C. The fourth-order valence-corrected chi connectivity index (χ4v) is 3.90. The zero-order chi connectivity index (χ0) is 22.9. The maximum absolute atomic E-state index is 13.3. The lowest BCUT2D eigenvalue weighted by Crippen LogP contribution is -2.29. The van der Waals surface area contributed by atoms with Gasteiger partial charge >= 0.3 is 12.1 Å². The Morgan fingerprint density at radius 2 is 1.67 bits per heavy atom. The molecule has 0 heterocycles. The van der Waals surface area contributed by atoms with Gasteiger partial charge in [0.25, 0.3) is 0 Å². The van der Waals surface area contributed by atoms with Gasteiger partial charge in [0.1, 0.15) is 5.75 Å². The molecule has 2 aromatic carbocycles. The molecular formula is C21H23F3O5S. The van der Waals surface area contributed by atoms with E-state index in [1.807, 2.05) is 0 Å². The summed E-state index contributed by atoms with van der Waals surface area (Å²) in [7, 11) is -2.43. The molecule has 0 spiro atoms. The van der Waals surface area contributed by atoms with Crippen LogP contribution in [0.4, 0.5) is 13.2 Å². The van der Waals surface area contributed by atoms with Crippen LogP contribution in [0, 0.1) is 0 Å². The normalized spacial score (nSPS) is 12.6. The number of methoxy groups -OCH3 is 1. The maximum Gasteiger partial charge on any atom is 0.416 e. The first-order chi connectivity index (χ1) is 13.7. The summed E-state index contributed by atoms with van der Waals surface area (Å²) >= 11 is 0. The molecular weight excluding hydrogens is 421 g/mol. The predicted molar refractivity (Wildman–Crippen MR) is 107 cm³/mol. The molecule has 0 bridgehead atoms. The summed E-state index contributed by atoms with van der Waals surface area (Å²) in [5.41, 5.74) is -0.0386. The summed E-state index contributed by atoms with van der Waals surface area (Å²) in [5.74, 6) is -1.39. The van der Waals surface area contributed by atoms with Crippen molar-refractivity contribution in [1.82, 2.24) is 0 Å². The summed E-state index contributed by atoms with van der Waals surface area (Å²) < 4.78 is 69.5. The molecule has 9 heteroatoms. The third-order valence-electron chi connectivity index (χ3n) is 4.62. The van der Waals surface area contributed by atoms with E-state index in [4.69, 9.17) is 9.84 Å². The molecule has 0 saturated heterocycles. The second kappa shape index (κ2) is 8.29. The Morgan fingerprint density at radius 1 is 1.03 bits per heavy atom. The van der Waals surface area contributed by atoms with Gasteiger partial charge in [0.2, 0.25) is 0 Å². The van der Waals surface area contributed by atoms with E-state index in [9.17, 15) is 26.4 Å². The predicted octanol–water partition coefficient (Wildman–Crippen LogP) is 4.72. The molecule has 0 aliphatic heterocycles. The highest BCUT2D eigenvalue weighted by atomic mass is 32.2. The summed E-state index contributed by atoms with van der Waals surface area (Å²) in [6.45, 7) is 4.43. The van der Waals surface area contributed by atoms with Crippen LogP contribution in [0.3, 0.4) is 0 Å². The zero-order valence-corrected chi connectivity index (χ0v) is 17.8. The van der Waals surface area contributed by atoms with Gasteiger partial charge in [-0.3, -0.25) is 4.79 Å². The van der Waals surface area contributed by atoms with E-state index in [1.54, 1.807) is 0 Å². The van der Waals surface area contributed by atoms with Gasteiger partial charge in [-0.05, 0) is 61.7 Å². The quantitative estimate of drug-likeness (QED) is 0.697. The van der Waals surface area contributed by atoms with Crippen molar-refractivity contribution in [2.24, 2.45) is 0 Å². The standard InChI is InChI=1S/C21H23F3O5S/c1-20(2,3)30(27,28)12-14-11-15(21(22,23)24)6-7-16(14)17-9-13(10-19(25)26)5-8-18(17)29-4/h5-9,11H,10,12H2,1-4H3,(H,25,26). The Hall–Kier alpha value is -2.55. The minimum atomic E-state index is -4.64. The van der Waals surface area contributed by atoms with E-state index in [2.05, 4.69) is 0 Å². The molecule has 0 aliphatic rings. The average Bonchev–Trinajstić information content (AvgIpc) is 2.59. The molecule has 0 unspecified atom stereocenters. The minimum absolute atomic E-state index is 0.0366. The van der Waals surface area contributed by atoms with Crippen LogP contribution in [0.1, 0.15) is 37.5 Å². The summed E-state index contributed by atoms with van der Waals surface area (Å²) in [4.78, 5) is 11.1. The molecule has 5 nitrogen and oxygen atoms in total. The second-order valence-corrected chi connectivity index (χ2v) is 10.6. The van der Waals surface area contributed by atoms with Crippen molar-refractivity contribution in [2.75, 3.05) is 7.11 Å². The van der Waals surface area contributed by atoms with Crippen LogP contribution in [0.25, 0.3) is 11.1 Å². The van der Waals surface area contributed by atoms with Crippen LogP contribution in [0.2, 0.25) is 0 Å². The van der Waals surface area contributed by atoms with E-state index in [0.29, 0.717) is 16.9 Å². The molecule has 0 amide bonds. The van der Waals surface area contributed by atoms with Crippen molar-refractivity contribution < 1.29 is 36.2 Å². The first-order valence-corrected chi connectivity index (χ1v) is 10.6. The molecule has 2 rings (SSSR count). The van der Waals surface area contributed by atoms with Crippen molar-refractivity contribution in [1.29, 1.82) is 0 Å². The number of carboxylic acids is 1. The van der Waals surface area contributed by atoms with Crippen molar-refractivity contribution >= 4 is 15.8 Å². The monoisotopic (exact) mass is 444 g/mol. The molecule has 0 fully saturated rings. The van der Waals surface area contributed by atoms with Crippen molar-refractivity contribution in [3.63, 3.8) is 0 Å². The Labute approximate surface area is 173 Å². The van der Waals surface area contributed by atoms with Crippen LogP contribution in [0.5, 0.6) is 5.75 Å². The third-order valence-corrected chi connectivity index (χ3v) is 7.18. The Bertz CT molecular complexity index is 1050. The largest absolute Gasteiger partial charge is 0.496 e. The lowest BCUT2D eigenvalue weighted by Gasteiger charge is -2.22. The molecule has 164 valence electrons. The number of hydrogen-bond donors (Lipinski definition) is 1. The smallest absolute Gasteiger partial charge is 0.416 e. The number of carbonyl (C=O) groups is 1.